The van der Waals surface area contributed by atoms with Gasteiger partial charge in [0.15, 0.2) is 0 Å². The van der Waals surface area contributed by atoms with Crippen LogP contribution in [0, 0.1) is 6.92 Å². The molecule has 3 rings (SSSR count). The molecule has 0 aliphatic heterocycles. The number of anilines is 3. The van der Waals surface area contributed by atoms with E-state index in [-0.39, 0.29) is 16.7 Å². The van der Waals surface area contributed by atoms with Gasteiger partial charge in [0.2, 0.25) is 11.7 Å². The fraction of sp³-hybridized carbons (Fsp3) is 0.158. The Kier molecular flexibility index (Phi) is 5.39. The van der Waals surface area contributed by atoms with Gasteiger partial charge in [0.05, 0.1) is 25.5 Å². The summed E-state index contributed by atoms with van der Waals surface area (Å²) in [7, 11) is 1.42. The largest absolute Gasteiger partial charge is 0.490 e. The van der Waals surface area contributed by atoms with Crippen molar-refractivity contribution in [3.63, 3.8) is 0 Å². The fourth-order valence-corrected chi connectivity index (χ4v) is 2.60. The number of aryl methyl sites for hydroxylation is 1. The molecule has 0 aliphatic carbocycles. The fourth-order valence-electron chi connectivity index (χ4n) is 2.60. The van der Waals surface area contributed by atoms with Crippen molar-refractivity contribution in [2.24, 2.45) is 0 Å². The first kappa shape index (κ1) is 18.4. The lowest BCUT2D eigenvalue weighted by atomic mass is 10.2. The first-order chi connectivity index (χ1) is 13.0. The summed E-state index contributed by atoms with van der Waals surface area (Å²) in [6, 6.07) is 14.5. The highest BCUT2D eigenvalue weighted by molar-refractivity contribution is 5.65. The van der Waals surface area contributed by atoms with Crippen LogP contribution in [0.25, 0.3) is 0 Å². The van der Waals surface area contributed by atoms with Crippen LogP contribution >= 0.6 is 0 Å². The summed E-state index contributed by atoms with van der Waals surface area (Å²) in [5.41, 5.74) is 2.13. The lowest BCUT2D eigenvalue weighted by Gasteiger charge is -2.17. The molecule has 0 amide bonds. The van der Waals surface area contributed by atoms with Gasteiger partial charge in [-0.05, 0) is 30.2 Å². The number of methoxy groups -OCH3 is 1. The highest BCUT2D eigenvalue weighted by Crippen LogP contribution is 2.25. The zero-order valence-corrected chi connectivity index (χ0v) is 15.0. The van der Waals surface area contributed by atoms with E-state index >= 15 is 0 Å². The molecule has 0 radical (unpaired) electrons. The molecule has 0 aliphatic rings. The van der Waals surface area contributed by atoms with E-state index in [9.17, 15) is 15.2 Å². The number of hydrogen-bond donors (Lipinski definition) is 3. The molecule has 0 unspecified atom stereocenters. The highest BCUT2D eigenvalue weighted by Gasteiger charge is 2.12. The molecule has 0 atom stereocenters. The zero-order valence-electron chi connectivity index (χ0n) is 15.0. The summed E-state index contributed by atoms with van der Waals surface area (Å²) >= 11 is 0. The Labute approximate surface area is 155 Å². The third-order valence-corrected chi connectivity index (χ3v) is 4.08. The first-order valence-electron chi connectivity index (χ1n) is 8.23. The Hall–Kier alpha value is -3.36. The first-order valence-corrected chi connectivity index (χ1v) is 8.23. The van der Waals surface area contributed by atoms with Crippen molar-refractivity contribution < 1.29 is 15.2 Å². The average molecular weight is 368 g/mol. The third-order valence-electron chi connectivity index (χ3n) is 4.08. The van der Waals surface area contributed by atoms with Crippen molar-refractivity contribution in [3.05, 3.63) is 76.2 Å². The third kappa shape index (κ3) is 4.25. The van der Waals surface area contributed by atoms with E-state index < -0.39 is 5.56 Å². The molecule has 27 heavy (non-hydrogen) atoms. The standard InChI is InChI=1S/C19H20N4O4/c1-13-8-9-15(23(25)26)10-16(13)20-19-21-18(24)17(27-2)12-22(19)11-14-6-4-3-5-7-14/h3-10,12,25-26H,11H2,1-2H3,(H,20,21,24). The Morgan fingerprint density at radius 3 is 2.59 bits per heavy atom. The molecule has 3 aromatic rings. The second-order valence-corrected chi connectivity index (χ2v) is 5.97. The minimum absolute atomic E-state index is 0.0309. The Morgan fingerprint density at radius 2 is 1.93 bits per heavy atom. The topological polar surface area (TPSA) is 99.8 Å². The number of benzene rings is 2. The van der Waals surface area contributed by atoms with Crippen LogP contribution in [0.15, 0.2) is 59.5 Å². The van der Waals surface area contributed by atoms with E-state index in [1.54, 1.807) is 29.0 Å². The molecule has 2 aromatic carbocycles. The Bertz CT molecular complexity index is 987. The van der Waals surface area contributed by atoms with Crippen molar-refractivity contribution in [2.75, 3.05) is 17.7 Å². The summed E-state index contributed by atoms with van der Waals surface area (Å²) < 4.78 is 6.87. The molecular weight excluding hydrogens is 348 g/mol. The molecule has 8 nitrogen and oxygen atoms in total. The number of aromatic nitrogens is 2. The van der Waals surface area contributed by atoms with Crippen LogP contribution in [0.2, 0.25) is 0 Å². The van der Waals surface area contributed by atoms with Crippen molar-refractivity contribution >= 4 is 17.3 Å². The summed E-state index contributed by atoms with van der Waals surface area (Å²) in [6.45, 7) is 2.33. The molecule has 1 heterocycles. The van der Waals surface area contributed by atoms with Crippen molar-refractivity contribution in [3.8, 4) is 5.75 Å². The van der Waals surface area contributed by atoms with Crippen LogP contribution in [-0.2, 0) is 6.54 Å². The number of ether oxygens (including phenoxy) is 1. The lowest BCUT2D eigenvalue weighted by molar-refractivity contribution is 0.0292. The number of rotatable bonds is 6. The number of nitrogens with zero attached hydrogens (tertiary/aromatic N) is 3. The SMILES string of the molecule is COc1cn(Cc2ccccc2)c(Nc2cc(N(O)O)ccc2C)nc1=O. The van der Waals surface area contributed by atoms with Gasteiger partial charge in [-0.3, -0.25) is 15.2 Å². The molecule has 8 heteroatoms. The average Bonchev–Trinajstić information content (AvgIpc) is 2.66. The van der Waals surface area contributed by atoms with Crippen molar-refractivity contribution in [1.29, 1.82) is 0 Å². The van der Waals surface area contributed by atoms with Gasteiger partial charge in [0.1, 0.15) is 0 Å². The van der Waals surface area contributed by atoms with E-state index in [2.05, 4.69) is 10.3 Å². The van der Waals surface area contributed by atoms with Gasteiger partial charge in [-0.2, -0.15) is 4.98 Å². The number of hydrogen-bond acceptors (Lipinski definition) is 7. The summed E-state index contributed by atoms with van der Waals surface area (Å²) in [5.74, 6) is 0.450. The van der Waals surface area contributed by atoms with Crippen molar-refractivity contribution in [1.82, 2.24) is 9.55 Å². The van der Waals surface area contributed by atoms with Gasteiger partial charge in [-0.25, -0.2) is 0 Å². The number of nitrogens with one attached hydrogen (secondary N) is 1. The maximum Gasteiger partial charge on any atom is 0.316 e. The molecule has 0 fully saturated rings. The van der Waals surface area contributed by atoms with Crippen molar-refractivity contribution in [2.45, 2.75) is 13.5 Å². The van der Waals surface area contributed by atoms with Crippen LogP contribution < -0.4 is 20.8 Å². The molecule has 0 bridgehead atoms. The molecule has 0 saturated heterocycles. The zero-order chi connectivity index (χ0) is 19.4. The molecule has 1 aromatic heterocycles. The summed E-state index contributed by atoms with van der Waals surface area (Å²) in [5, 5.41) is 21.6. The molecule has 0 spiro atoms. The van der Waals surface area contributed by atoms with Gasteiger partial charge < -0.3 is 14.6 Å². The van der Waals surface area contributed by atoms with Crippen LogP contribution in [0.1, 0.15) is 11.1 Å². The Balaban J connectivity index is 2.03. The van der Waals surface area contributed by atoms with Gasteiger partial charge in [0.25, 0.3) is 0 Å². The molecule has 140 valence electrons. The lowest BCUT2D eigenvalue weighted by Crippen LogP contribution is -2.19. The smallest absolute Gasteiger partial charge is 0.316 e. The van der Waals surface area contributed by atoms with Gasteiger partial charge in [-0.15, -0.1) is 5.23 Å². The maximum atomic E-state index is 12.1. The van der Waals surface area contributed by atoms with Crippen LogP contribution in [0.5, 0.6) is 5.75 Å². The van der Waals surface area contributed by atoms with Crippen LogP contribution in [-0.4, -0.2) is 27.1 Å². The normalized spacial score (nSPS) is 10.5. The van der Waals surface area contributed by atoms with E-state index in [0.717, 1.165) is 11.1 Å². The monoisotopic (exact) mass is 368 g/mol. The Morgan fingerprint density at radius 1 is 1.19 bits per heavy atom. The van der Waals surface area contributed by atoms with E-state index in [1.807, 2.05) is 37.3 Å². The van der Waals surface area contributed by atoms with Gasteiger partial charge in [0, 0.05) is 5.69 Å². The quantitative estimate of drug-likeness (QED) is 0.575. The minimum atomic E-state index is -0.496. The predicted molar refractivity (Wildman–Crippen MR) is 101 cm³/mol. The van der Waals surface area contributed by atoms with E-state index in [4.69, 9.17) is 4.74 Å². The maximum absolute atomic E-state index is 12.1. The minimum Gasteiger partial charge on any atom is -0.490 e. The van der Waals surface area contributed by atoms with E-state index in [0.29, 0.717) is 18.2 Å². The summed E-state index contributed by atoms with van der Waals surface area (Å²) in [4.78, 5) is 16.2. The predicted octanol–water partition coefficient (Wildman–Crippen LogP) is 2.94. The molecular formula is C19H20N4O4. The molecule has 3 N–H and O–H groups in total. The summed E-state index contributed by atoms with van der Waals surface area (Å²) in [6.07, 6.45) is 1.59. The van der Waals surface area contributed by atoms with Gasteiger partial charge >= 0.3 is 5.56 Å². The highest BCUT2D eigenvalue weighted by atomic mass is 16.8. The molecule has 0 saturated carbocycles. The second kappa shape index (κ2) is 7.90. The van der Waals surface area contributed by atoms with Crippen LogP contribution in [0.4, 0.5) is 17.3 Å². The van der Waals surface area contributed by atoms with Gasteiger partial charge in [-0.1, -0.05) is 36.4 Å². The van der Waals surface area contributed by atoms with Crippen LogP contribution in [0.3, 0.4) is 0 Å². The second-order valence-electron chi connectivity index (χ2n) is 5.97. The van der Waals surface area contributed by atoms with E-state index in [1.165, 1.54) is 7.11 Å².